The molecule has 0 bridgehead atoms. The van der Waals surface area contributed by atoms with Crippen molar-refractivity contribution in [1.82, 2.24) is 39.5 Å². The Labute approximate surface area is 450 Å². The van der Waals surface area contributed by atoms with Gasteiger partial charge in [-0.25, -0.2) is 14.4 Å². The maximum absolute atomic E-state index is 15.3. The number of piperidine rings is 4. The van der Waals surface area contributed by atoms with E-state index in [0.717, 1.165) is 117 Å². The average molecular weight is 1050 g/mol. The zero-order valence-corrected chi connectivity index (χ0v) is 44.5. The number of amides is 3. The minimum absolute atomic E-state index is 0.0367. The molecule has 1 spiro atoms. The standard InChI is InChI=1S/C60H73FN10O6/c1-36(2)70-35-63-50-33-49(65-55(53(50)70)64-48-18-23-62-34-47(48)61)40-10-16-46-51(30-40)71(42-31-41(32-42)67-24-4-3-5-25-67)59(75)60(46)21-28-68(29-22-60)57(74)39-19-26-69(27-20-39)58-54(77-58)38-8-13-44(14-9-38)76-43-11-6-37(7-12-43)45-15-17-52(72)66-56(45)73/h6-7,10-12,16,18,23,30,33-36,38-39,41-42,44-45,52,54,58,72H,3-5,8-9,13-15,17,19-22,24-29,31-32H2,1-2H3,(H,66,73)(H,62,64,65)/t38?,41?,42?,44?,45?,52?,54-,58?/m0/s1. The molecular weight excluding hydrogens is 976 g/mol. The lowest BCUT2D eigenvalue weighted by molar-refractivity contribution is -0.141. The fourth-order valence-electron chi connectivity index (χ4n) is 14.4. The second-order valence-electron chi connectivity index (χ2n) is 23.8. The minimum atomic E-state index is -0.756. The number of fused-ring (bicyclic) bond motifs is 3. The summed E-state index contributed by atoms with van der Waals surface area (Å²) in [4.78, 5) is 65.3. The molecule has 16 nitrogen and oxygen atoms in total. The van der Waals surface area contributed by atoms with Crippen LogP contribution in [0, 0.1) is 17.7 Å². The highest BCUT2D eigenvalue weighted by Crippen LogP contribution is 2.53. The Morgan fingerprint density at radius 3 is 2.36 bits per heavy atom. The number of halogens is 1. The third-order valence-electron chi connectivity index (χ3n) is 19.0. The molecule has 7 fully saturated rings. The zero-order chi connectivity index (χ0) is 52.5. The van der Waals surface area contributed by atoms with E-state index in [1.807, 2.05) is 39.8 Å². The maximum Gasteiger partial charge on any atom is 0.238 e. The Morgan fingerprint density at radius 2 is 1.64 bits per heavy atom. The topological polar surface area (TPSA) is 174 Å². The monoisotopic (exact) mass is 1050 g/mol. The number of epoxide rings is 1. The number of pyridine rings is 2. The number of aliphatic hydroxyl groups is 1. The number of aromatic nitrogens is 4. The number of rotatable bonds is 12. The van der Waals surface area contributed by atoms with Gasteiger partial charge in [0.25, 0.3) is 0 Å². The van der Waals surface area contributed by atoms with Gasteiger partial charge in [0.15, 0.2) is 11.6 Å². The van der Waals surface area contributed by atoms with Crippen LogP contribution in [0.3, 0.4) is 0 Å². The second-order valence-corrected chi connectivity index (χ2v) is 23.8. The molecule has 2 saturated carbocycles. The van der Waals surface area contributed by atoms with E-state index in [-0.39, 0.29) is 65.8 Å². The molecule has 3 aromatic heterocycles. The van der Waals surface area contributed by atoms with Crippen molar-refractivity contribution in [2.75, 3.05) is 49.5 Å². The Hall–Kier alpha value is -6.01. The van der Waals surface area contributed by atoms with Crippen LogP contribution in [0.4, 0.5) is 21.6 Å². The first-order chi connectivity index (χ1) is 37.5. The van der Waals surface area contributed by atoms with Crippen molar-refractivity contribution in [3.05, 3.63) is 90.3 Å². The van der Waals surface area contributed by atoms with E-state index in [1.54, 1.807) is 18.6 Å². The molecule has 5 saturated heterocycles. The highest BCUT2D eigenvalue weighted by Gasteiger charge is 2.56. The first-order valence-corrected chi connectivity index (χ1v) is 28.9. The molecule has 13 rings (SSSR count). The molecule has 3 N–H and O–H groups in total. The van der Waals surface area contributed by atoms with E-state index in [0.29, 0.717) is 62.2 Å². The smallest absolute Gasteiger partial charge is 0.238 e. The number of nitrogens with zero attached hydrogens (tertiary/aromatic N) is 8. The fraction of sp³-hybridized carbons (Fsp3) is 0.567. The normalized spacial score (nSPS) is 28.9. The maximum atomic E-state index is 15.3. The number of carbonyl (C=O) groups is 3. The van der Waals surface area contributed by atoms with E-state index in [2.05, 4.69) is 62.4 Å². The molecule has 3 unspecified atom stereocenters. The number of hydrogen-bond donors (Lipinski definition) is 3. The average Bonchev–Trinajstić information content (AvgIpc) is 4.25. The van der Waals surface area contributed by atoms with Gasteiger partial charge in [0, 0.05) is 67.7 Å². The van der Waals surface area contributed by atoms with Crippen LogP contribution in [-0.2, 0) is 24.5 Å². The second kappa shape index (κ2) is 20.7. The Bertz CT molecular complexity index is 3010. The van der Waals surface area contributed by atoms with Gasteiger partial charge in [0.05, 0.1) is 46.9 Å². The highest BCUT2D eigenvalue weighted by atomic mass is 19.1. The predicted molar refractivity (Wildman–Crippen MR) is 290 cm³/mol. The number of nitrogens with one attached hydrogen (secondary N) is 2. The summed E-state index contributed by atoms with van der Waals surface area (Å²) >= 11 is 0. The van der Waals surface area contributed by atoms with Crippen LogP contribution >= 0.6 is 0 Å². The molecule has 406 valence electrons. The minimum Gasteiger partial charge on any atom is -0.490 e. The number of benzene rings is 2. The summed E-state index contributed by atoms with van der Waals surface area (Å²) < 4.78 is 29.9. The summed E-state index contributed by atoms with van der Waals surface area (Å²) in [6.07, 6.45) is 18.0. The molecule has 2 aromatic carbocycles. The van der Waals surface area contributed by atoms with Crippen LogP contribution in [0.1, 0.15) is 133 Å². The lowest BCUT2D eigenvalue weighted by atomic mass is 9.73. The summed E-state index contributed by atoms with van der Waals surface area (Å²) in [5.74, 6) is 1.32. The number of carbonyl (C=O) groups excluding carboxylic acids is 3. The third kappa shape index (κ3) is 9.56. The van der Waals surface area contributed by atoms with Crippen molar-refractivity contribution in [3.8, 4) is 17.0 Å². The van der Waals surface area contributed by atoms with E-state index >= 15 is 9.18 Å². The van der Waals surface area contributed by atoms with Crippen LogP contribution in [0.5, 0.6) is 5.75 Å². The number of ether oxygens (including phenoxy) is 2. The lowest BCUT2D eigenvalue weighted by Gasteiger charge is -2.48. The van der Waals surface area contributed by atoms with Crippen molar-refractivity contribution in [2.45, 2.75) is 164 Å². The largest absolute Gasteiger partial charge is 0.490 e. The summed E-state index contributed by atoms with van der Waals surface area (Å²) in [6.45, 7) is 9.21. The van der Waals surface area contributed by atoms with Crippen LogP contribution in [0.25, 0.3) is 22.3 Å². The molecule has 4 atom stereocenters. The molecular formula is C60H73FN10O6. The molecule has 77 heavy (non-hydrogen) atoms. The van der Waals surface area contributed by atoms with Gasteiger partial charge in [-0.1, -0.05) is 30.7 Å². The molecule has 5 aromatic rings. The van der Waals surface area contributed by atoms with Crippen LogP contribution in [0.15, 0.2) is 73.3 Å². The van der Waals surface area contributed by atoms with Gasteiger partial charge in [0.2, 0.25) is 17.7 Å². The predicted octanol–water partition coefficient (Wildman–Crippen LogP) is 8.57. The lowest BCUT2D eigenvalue weighted by Crippen LogP contribution is -2.58. The molecule has 3 amide bonds. The van der Waals surface area contributed by atoms with Crippen molar-refractivity contribution in [2.24, 2.45) is 11.8 Å². The number of anilines is 3. The van der Waals surface area contributed by atoms with E-state index in [4.69, 9.17) is 19.4 Å². The van der Waals surface area contributed by atoms with Crippen molar-refractivity contribution < 1.29 is 33.4 Å². The summed E-state index contributed by atoms with van der Waals surface area (Å²) in [5, 5.41) is 15.7. The summed E-state index contributed by atoms with van der Waals surface area (Å²) in [5.41, 5.74) is 5.57. The van der Waals surface area contributed by atoms with Gasteiger partial charge in [0.1, 0.15) is 29.8 Å². The quantitative estimate of drug-likeness (QED) is 0.102. The molecule has 8 aliphatic rings. The Morgan fingerprint density at radius 1 is 0.870 bits per heavy atom. The molecule has 17 heteroatoms. The van der Waals surface area contributed by atoms with Gasteiger partial charge < -0.3 is 44.5 Å². The Kier molecular flexibility index (Phi) is 13.5. The van der Waals surface area contributed by atoms with E-state index in [9.17, 15) is 14.7 Å². The number of likely N-dealkylation sites (tertiary alicyclic amines) is 3. The van der Waals surface area contributed by atoms with Crippen molar-refractivity contribution in [1.29, 1.82) is 0 Å². The first kappa shape index (κ1) is 50.5. The Balaban J connectivity index is 0.649. The van der Waals surface area contributed by atoms with Gasteiger partial charge in [-0.3, -0.25) is 24.3 Å². The van der Waals surface area contributed by atoms with E-state index in [1.165, 1.54) is 25.5 Å². The van der Waals surface area contributed by atoms with E-state index < -0.39 is 17.5 Å². The fourth-order valence-corrected chi connectivity index (χ4v) is 14.4. The summed E-state index contributed by atoms with van der Waals surface area (Å²) in [7, 11) is 0. The van der Waals surface area contributed by atoms with Gasteiger partial charge in [-0.2, -0.15) is 0 Å². The molecule has 2 aliphatic carbocycles. The van der Waals surface area contributed by atoms with Gasteiger partial charge >= 0.3 is 0 Å². The van der Waals surface area contributed by atoms with Crippen molar-refractivity contribution >= 4 is 45.9 Å². The number of hydrogen-bond acceptors (Lipinski definition) is 12. The van der Waals surface area contributed by atoms with Gasteiger partial charge in [-0.05, 0) is 164 Å². The molecule has 0 radical (unpaired) electrons. The van der Waals surface area contributed by atoms with Crippen LogP contribution < -0.4 is 20.3 Å². The SMILES string of the molecule is CC(C)n1cnc2cc(-c3ccc4c(c3)N(C3CC(N5CCCCC5)C3)C(=O)C43CCN(C(=O)C4CCN(C5O[C@H]5C5CCC(Oc6ccc(C7CCC(O)NC7=O)cc6)CC5)CC4)CC3)nc(Nc3ccncc3F)c21. The number of imidazole rings is 1. The van der Waals surface area contributed by atoms with Crippen LogP contribution in [0.2, 0.25) is 0 Å². The third-order valence-corrected chi connectivity index (χ3v) is 19.0. The van der Waals surface area contributed by atoms with Crippen molar-refractivity contribution in [3.63, 3.8) is 0 Å². The zero-order valence-electron chi connectivity index (χ0n) is 44.5. The summed E-state index contributed by atoms with van der Waals surface area (Å²) in [6, 6.07) is 18.5. The van der Waals surface area contributed by atoms with Crippen LogP contribution in [-0.4, -0.2) is 133 Å². The first-order valence-electron chi connectivity index (χ1n) is 28.9. The molecule has 6 aliphatic heterocycles. The number of aliphatic hydroxyl groups excluding tert-OH is 1. The highest BCUT2D eigenvalue weighted by molar-refractivity contribution is 6.09. The molecule has 9 heterocycles. The van der Waals surface area contributed by atoms with Gasteiger partial charge in [-0.15, -0.1) is 0 Å².